The van der Waals surface area contributed by atoms with Crippen LogP contribution in [-0.4, -0.2) is 38.2 Å². The van der Waals surface area contributed by atoms with E-state index in [1.165, 1.54) is 19.3 Å². The molecule has 0 aromatic heterocycles. The third-order valence-electron chi connectivity index (χ3n) is 4.25. The second kappa shape index (κ2) is 9.80. The first-order valence-corrected chi connectivity index (χ1v) is 8.62. The summed E-state index contributed by atoms with van der Waals surface area (Å²) < 4.78 is 5.27. The van der Waals surface area contributed by atoms with Crippen molar-refractivity contribution in [2.24, 2.45) is 0 Å². The van der Waals surface area contributed by atoms with E-state index in [-0.39, 0.29) is 24.5 Å². The zero-order valence-corrected chi connectivity index (χ0v) is 14.3. The average molecular weight is 333 g/mol. The van der Waals surface area contributed by atoms with Gasteiger partial charge in [0.25, 0.3) is 0 Å². The Hall–Kier alpha value is -2.24. The molecule has 0 spiro atoms. The van der Waals surface area contributed by atoms with Crippen LogP contribution in [0.15, 0.2) is 24.3 Å². The van der Waals surface area contributed by atoms with Crippen LogP contribution < -0.4 is 20.7 Å². The number of carbonyl (C=O) groups is 2. The van der Waals surface area contributed by atoms with Crippen LogP contribution in [0.25, 0.3) is 0 Å². The van der Waals surface area contributed by atoms with Gasteiger partial charge < -0.3 is 20.7 Å². The molecular weight excluding hydrogens is 306 g/mol. The molecule has 0 unspecified atom stereocenters. The van der Waals surface area contributed by atoms with Gasteiger partial charge in [0.05, 0.1) is 13.7 Å². The molecule has 0 atom stereocenters. The lowest BCUT2D eigenvalue weighted by Gasteiger charge is -2.22. The van der Waals surface area contributed by atoms with Gasteiger partial charge >= 0.3 is 6.03 Å². The second-order valence-corrected chi connectivity index (χ2v) is 6.07. The van der Waals surface area contributed by atoms with Crippen molar-refractivity contribution in [2.45, 2.75) is 44.6 Å². The minimum Gasteiger partial charge on any atom is -0.496 e. The van der Waals surface area contributed by atoms with Crippen LogP contribution in [0.1, 0.15) is 37.7 Å². The van der Waals surface area contributed by atoms with Crippen molar-refractivity contribution < 1.29 is 14.3 Å². The van der Waals surface area contributed by atoms with Crippen LogP contribution in [0.2, 0.25) is 0 Å². The van der Waals surface area contributed by atoms with Crippen LogP contribution >= 0.6 is 0 Å². The van der Waals surface area contributed by atoms with Crippen LogP contribution in [-0.2, 0) is 11.2 Å². The normalized spacial score (nSPS) is 14.7. The quantitative estimate of drug-likeness (QED) is 0.714. The Kier molecular flexibility index (Phi) is 7.39. The fraction of sp³-hybridized carbons (Fsp3) is 0.556. The monoisotopic (exact) mass is 333 g/mol. The van der Waals surface area contributed by atoms with E-state index in [1.54, 1.807) is 7.11 Å². The third kappa shape index (κ3) is 6.10. The highest BCUT2D eigenvalue weighted by Gasteiger charge is 2.15. The molecule has 6 heteroatoms. The van der Waals surface area contributed by atoms with E-state index in [1.807, 2.05) is 24.3 Å². The number of rotatable bonds is 7. The molecule has 1 aromatic rings. The van der Waals surface area contributed by atoms with Crippen LogP contribution in [0.3, 0.4) is 0 Å². The largest absolute Gasteiger partial charge is 0.496 e. The molecule has 3 amide bonds. The summed E-state index contributed by atoms with van der Waals surface area (Å²) in [7, 11) is 1.63. The molecule has 0 heterocycles. The third-order valence-corrected chi connectivity index (χ3v) is 4.25. The van der Waals surface area contributed by atoms with Crippen molar-refractivity contribution in [1.29, 1.82) is 0 Å². The van der Waals surface area contributed by atoms with Crippen LogP contribution in [0, 0.1) is 0 Å². The number of hydrogen-bond donors (Lipinski definition) is 3. The number of ether oxygens (including phenoxy) is 1. The maximum Gasteiger partial charge on any atom is 0.315 e. The lowest BCUT2D eigenvalue weighted by atomic mass is 9.95. The number of amides is 3. The highest BCUT2D eigenvalue weighted by atomic mass is 16.5. The summed E-state index contributed by atoms with van der Waals surface area (Å²) >= 11 is 0. The minimum atomic E-state index is -0.330. The number of benzene rings is 1. The van der Waals surface area contributed by atoms with Gasteiger partial charge in [-0.15, -0.1) is 0 Å². The fourth-order valence-corrected chi connectivity index (χ4v) is 2.97. The number of carbonyl (C=O) groups excluding carboxylic acids is 2. The Labute approximate surface area is 143 Å². The van der Waals surface area contributed by atoms with E-state index >= 15 is 0 Å². The topological polar surface area (TPSA) is 79.5 Å². The molecule has 1 aliphatic carbocycles. The molecule has 2 rings (SSSR count). The molecule has 0 radical (unpaired) electrons. The highest BCUT2D eigenvalue weighted by molar-refractivity contribution is 5.84. The van der Waals surface area contributed by atoms with Crippen LogP contribution in [0.4, 0.5) is 4.79 Å². The number of nitrogens with one attached hydrogen (secondary N) is 3. The number of hydrogen-bond acceptors (Lipinski definition) is 3. The first kappa shape index (κ1) is 18.1. The predicted octanol–water partition coefficient (Wildman–Crippen LogP) is 1.99. The zero-order chi connectivity index (χ0) is 17.2. The Balaban J connectivity index is 1.61. The van der Waals surface area contributed by atoms with Crippen molar-refractivity contribution in [2.75, 3.05) is 20.2 Å². The lowest BCUT2D eigenvalue weighted by molar-refractivity contribution is -0.121. The van der Waals surface area contributed by atoms with Gasteiger partial charge in [-0.05, 0) is 30.9 Å². The van der Waals surface area contributed by atoms with Gasteiger partial charge in [0.1, 0.15) is 5.75 Å². The van der Waals surface area contributed by atoms with Crippen molar-refractivity contribution in [3.63, 3.8) is 0 Å². The molecular formula is C18H27N3O3. The molecule has 0 bridgehead atoms. The Morgan fingerprint density at radius 1 is 1.12 bits per heavy atom. The van der Waals surface area contributed by atoms with Gasteiger partial charge in [0, 0.05) is 12.6 Å². The number of methoxy groups -OCH3 is 1. The summed E-state index contributed by atoms with van der Waals surface area (Å²) in [6, 6.07) is 7.65. The van der Waals surface area contributed by atoms with E-state index in [0.717, 1.165) is 24.2 Å². The molecule has 1 fully saturated rings. The average Bonchev–Trinajstić information content (AvgIpc) is 2.61. The van der Waals surface area contributed by atoms with Crippen molar-refractivity contribution in [1.82, 2.24) is 16.0 Å². The summed E-state index contributed by atoms with van der Waals surface area (Å²) in [6.45, 7) is 0.493. The Morgan fingerprint density at radius 3 is 2.62 bits per heavy atom. The summed E-state index contributed by atoms with van der Waals surface area (Å²) in [5, 5.41) is 8.32. The summed E-state index contributed by atoms with van der Waals surface area (Å²) in [5.74, 6) is 0.688. The number of para-hydroxylation sites is 1. The first-order chi connectivity index (χ1) is 11.7. The molecule has 1 aromatic carbocycles. The van der Waals surface area contributed by atoms with E-state index in [9.17, 15) is 9.59 Å². The van der Waals surface area contributed by atoms with Gasteiger partial charge in [-0.3, -0.25) is 4.79 Å². The van der Waals surface area contributed by atoms with E-state index in [0.29, 0.717) is 13.0 Å². The van der Waals surface area contributed by atoms with Crippen molar-refractivity contribution in [3.8, 4) is 5.75 Å². The molecule has 0 saturated heterocycles. The van der Waals surface area contributed by atoms with E-state index in [4.69, 9.17) is 4.74 Å². The molecule has 0 aliphatic heterocycles. The predicted molar refractivity (Wildman–Crippen MR) is 93.1 cm³/mol. The smallest absolute Gasteiger partial charge is 0.315 e. The zero-order valence-electron chi connectivity index (χ0n) is 14.3. The minimum absolute atomic E-state index is 0.0109. The van der Waals surface area contributed by atoms with Crippen molar-refractivity contribution >= 4 is 11.9 Å². The van der Waals surface area contributed by atoms with E-state index in [2.05, 4.69) is 16.0 Å². The molecule has 3 N–H and O–H groups in total. The van der Waals surface area contributed by atoms with E-state index < -0.39 is 0 Å². The fourth-order valence-electron chi connectivity index (χ4n) is 2.97. The number of urea groups is 1. The highest BCUT2D eigenvalue weighted by Crippen LogP contribution is 2.17. The molecule has 1 aliphatic rings. The van der Waals surface area contributed by atoms with Gasteiger partial charge in [-0.1, -0.05) is 37.5 Å². The van der Waals surface area contributed by atoms with Gasteiger partial charge in [0.15, 0.2) is 0 Å². The maximum atomic E-state index is 11.8. The maximum absolute atomic E-state index is 11.8. The first-order valence-electron chi connectivity index (χ1n) is 8.62. The standard InChI is InChI=1S/C18H27N3O3/c1-24-16-10-6-5-7-14(16)11-12-19-18(23)20-13-17(22)21-15-8-3-2-4-9-15/h5-7,10,15H,2-4,8-9,11-13H2,1H3,(H,21,22)(H2,19,20,23). The van der Waals surface area contributed by atoms with Gasteiger partial charge in [-0.2, -0.15) is 0 Å². The molecule has 6 nitrogen and oxygen atoms in total. The SMILES string of the molecule is COc1ccccc1CCNC(=O)NCC(=O)NC1CCCCC1. The Bertz CT molecular complexity index is 542. The molecule has 1 saturated carbocycles. The second-order valence-electron chi connectivity index (χ2n) is 6.07. The summed E-state index contributed by atoms with van der Waals surface area (Å²) in [6.07, 6.45) is 6.34. The Morgan fingerprint density at radius 2 is 1.88 bits per heavy atom. The summed E-state index contributed by atoms with van der Waals surface area (Å²) in [4.78, 5) is 23.6. The molecule has 24 heavy (non-hydrogen) atoms. The molecule has 132 valence electrons. The lowest BCUT2D eigenvalue weighted by Crippen LogP contribution is -2.45. The van der Waals surface area contributed by atoms with Gasteiger partial charge in [0.2, 0.25) is 5.91 Å². The van der Waals surface area contributed by atoms with Crippen molar-refractivity contribution in [3.05, 3.63) is 29.8 Å². The summed E-state index contributed by atoms with van der Waals surface area (Å²) in [5.41, 5.74) is 1.04. The van der Waals surface area contributed by atoms with Gasteiger partial charge in [-0.25, -0.2) is 4.79 Å². The van der Waals surface area contributed by atoms with Crippen LogP contribution in [0.5, 0.6) is 5.75 Å².